The molecule has 0 spiro atoms. The number of nitrogens with zero attached hydrogens (tertiary/aromatic N) is 1. The van der Waals surface area contributed by atoms with Gasteiger partial charge < -0.3 is 0 Å². The summed E-state index contributed by atoms with van der Waals surface area (Å²) in [6.07, 6.45) is 0.654. The van der Waals surface area contributed by atoms with E-state index in [-0.39, 0.29) is 17.2 Å². The summed E-state index contributed by atoms with van der Waals surface area (Å²) < 4.78 is 0. The van der Waals surface area contributed by atoms with Gasteiger partial charge in [0.1, 0.15) is 5.78 Å². The van der Waals surface area contributed by atoms with Crippen LogP contribution in [0.2, 0.25) is 0 Å². The summed E-state index contributed by atoms with van der Waals surface area (Å²) in [6.45, 7) is 2.69. The van der Waals surface area contributed by atoms with E-state index in [1.807, 2.05) is 18.9 Å². The third kappa shape index (κ3) is 1.32. The Labute approximate surface area is 66.1 Å². The van der Waals surface area contributed by atoms with Gasteiger partial charge in [0.15, 0.2) is 0 Å². The molecule has 2 nitrogen and oxygen atoms in total. The highest BCUT2D eigenvalue weighted by atomic mass is 35.5. The fourth-order valence-electron chi connectivity index (χ4n) is 1.17. The smallest absolute Gasteiger partial charge is 0.139 e. The van der Waals surface area contributed by atoms with Crippen molar-refractivity contribution in [2.45, 2.75) is 18.8 Å². The van der Waals surface area contributed by atoms with Crippen molar-refractivity contribution in [2.24, 2.45) is 5.92 Å². The molecular formula is C7H12ClNO. The van der Waals surface area contributed by atoms with Gasteiger partial charge in [0.2, 0.25) is 0 Å². The molecule has 0 amide bonds. The van der Waals surface area contributed by atoms with E-state index in [2.05, 4.69) is 0 Å². The molecule has 0 aromatic carbocycles. The molecule has 2 unspecified atom stereocenters. The average molecular weight is 162 g/mol. The van der Waals surface area contributed by atoms with E-state index in [1.165, 1.54) is 0 Å². The van der Waals surface area contributed by atoms with E-state index in [4.69, 9.17) is 11.6 Å². The number of hydrogen-bond donors (Lipinski definition) is 0. The molecule has 1 heterocycles. The molecular weight excluding hydrogens is 150 g/mol. The van der Waals surface area contributed by atoms with Crippen molar-refractivity contribution in [3.05, 3.63) is 0 Å². The maximum absolute atomic E-state index is 11.0. The predicted molar refractivity (Wildman–Crippen MR) is 41.1 cm³/mol. The minimum atomic E-state index is -0.0961. The molecule has 1 rings (SSSR count). The Morgan fingerprint density at radius 1 is 1.70 bits per heavy atom. The van der Waals surface area contributed by atoms with Gasteiger partial charge in [-0.15, -0.1) is 11.6 Å². The fraction of sp³-hybridized carbons (Fsp3) is 0.857. The van der Waals surface area contributed by atoms with Crippen LogP contribution in [-0.4, -0.2) is 29.8 Å². The molecule has 3 heteroatoms. The molecule has 0 N–H and O–H groups in total. The Morgan fingerprint density at radius 3 is 2.80 bits per heavy atom. The van der Waals surface area contributed by atoms with E-state index < -0.39 is 0 Å². The van der Waals surface area contributed by atoms with Gasteiger partial charge in [0.25, 0.3) is 0 Å². The van der Waals surface area contributed by atoms with Crippen molar-refractivity contribution >= 4 is 17.4 Å². The first-order valence-corrected chi connectivity index (χ1v) is 3.93. The molecule has 1 aliphatic heterocycles. The van der Waals surface area contributed by atoms with Crippen LogP contribution in [0.3, 0.4) is 0 Å². The minimum absolute atomic E-state index is 0.000386. The van der Waals surface area contributed by atoms with Crippen molar-refractivity contribution in [3.63, 3.8) is 0 Å². The summed E-state index contributed by atoms with van der Waals surface area (Å²) in [5, 5.41) is 0. The second-order valence-corrected chi connectivity index (χ2v) is 3.31. The molecule has 0 aromatic rings. The highest BCUT2D eigenvalue weighted by molar-refractivity contribution is 6.22. The van der Waals surface area contributed by atoms with Gasteiger partial charge in [-0.2, -0.15) is 0 Å². The Kier molecular flexibility index (Phi) is 2.32. The van der Waals surface area contributed by atoms with Crippen molar-refractivity contribution in [1.82, 2.24) is 4.90 Å². The van der Waals surface area contributed by atoms with Crippen LogP contribution in [0, 0.1) is 5.92 Å². The molecule has 58 valence electrons. The van der Waals surface area contributed by atoms with Gasteiger partial charge in [0, 0.05) is 18.9 Å². The predicted octanol–water partition coefficient (Wildman–Crippen LogP) is 1.09. The Hall–Kier alpha value is -0.0800. The molecule has 0 bridgehead atoms. The first kappa shape index (κ1) is 8.02. The first-order valence-electron chi connectivity index (χ1n) is 3.50. The van der Waals surface area contributed by atoms with Gasteiger partial charge in [0.05, 0.1) is 5.50 Å². The second-order valence-electron chi connectivity index (χ2n) is 2.86. The van der Waals surface area contributed by atoms with Crippen molar-refractivity contribution < 1.29 is 4.79 Å². The lowest BCUT2D eigenvalue weighted by Gasteiger charge is -2.31. The van der Waals surface area contributed by atoms with Gasteiger partial charge in [-0.25, -0.2) is 0 Å². The van der Waals surface area contributed by atoms with Crippen molar-refractivity contribution in [2.75, 3.05) is 13.6 Å². The lowest BCUT2D eigenvalue weighted by Crippen LogP contribution is -2.42. The molecule has 1 aliphatic rings. The Morgan fingerprint density at radius 2 is 2.30 bits per heavy atom. The summed E-state index contributed by atoms with van der Waals surface area (Å²) in [6, 6.07) is 0. The van der Waals surface area contributed by atoms with E-state index in [0.717, 1.165) is 6.54 Å². The summed E-state index contributed by atoms with van der Waals surface area (Å²) >= 11 is 5.92. The maximum atomic E-state index is 11.0. The average Bonchev–Trinajstić information content (AvgIpc) is 1.93. The maximum Gasteiger partial charge on any atom is 0.139 e. The van der Waals surface area contributed by atoms with Gasteiger partial charge in [-0.3, -0.25) is 9.69 Å². The largest absolute Gasteiger partial charge is 0.299 e. The number of halogens is 1. The molecule has 0 saturated carbocycles. The van der Waals surface area contributed by atoms with Gasteiger partial charge in [-0.1, -0.05) is 6.92 Å². The van der Waals surface area contributed by atoms with Crippen molar-refractivity contribution in [3.8, 4) is 0 Å². The number of ketones is 1. The summed E-state index contributed by atoms with van der Waals surface area (Å²) in [7, 11) is 1.95. The zero-order valence-corrected chi connectivity index (χ0v) is 7.06. The number of rotatable bonds is 0. The number of hydrogen-bond acceptors (Lipinski definition) is 2. The van der Waals surface area contributed by atoms with Gasteiger partial charge >= 0.3 is 0 Å². The van der Waals surface area contributed by atoms with Crippen LogP contribution < -0.4 is 0 Å². The lowest BCUT2D eigenvalue weighted by atomic mass is 9.99. The molecule has 10 heavy (non-hydrogen) atoms. The lowest BCUT2D eigenvalue weighted by molar-refractivity contribution is -0.126. The number of carbonyl (C=O) groups excluding carboxylic acids is 1. The van der Waals surface area contributed by atoms with Crippen LogP contribution in [0.4, 0.5) is 0 Å². The first-order chi connectivity index (χ1) is 4.63. The molecule has 2 atom stereocenters. The Bertz CT molecular complexity index is 149. The molecule has 1 saturated heterocycles. The molecule has 0 radical (unpaired) electrons. The number of likely N-dealkylation sites (tertiary alicyclic amines) is 1. The highest BCUT2D eigenvalue weighted by Gasteiger charge is 2.29. The summed E-state index contributed by atoms with van der Waals surface area (Å²) in [4.78, 5) is 13.0. The van der Waals surface area contributed by atoms with Crippen molar-refractivity contribution in [1.29, 1.82) is 0 Å². The van der Waals surface area contributed by atoms with Crippen LogP contribution in [0.25, 0.3) is 0 Å². The van der Waals surface area contributed by atoms with Crippen LogP contribution in [0.1, 0.15) is 13.3 Å². The van der Waals surface area contributed by atoms with E-state index in [1.54, 1.807) is 0 Å². The molecule has 0 aromatic heterocycles. The fourth-order valence-corrected chi connectivity index (χ4v) is 1.41. The third-order valence-electron chi connectivity index (χ3n) is 2.05. The zero-order chi connectivity index (χ0) is 7.72. The highest BCUT2D eigenvalue weighted by Crippen LogP contribution is 2.21. The van der Waals surface area contributed by atoms with Crippen LogP contribution in [0.5, 0.6) is 0 Å². The summed E-state index contributed by atoms with van der Waals surface area (Å²) in [5.41, 5.74) is -0.0961. The second kappa shape index (κ2) is 2.89. The number of carbonyl (C=O) groups is 1. The number of alkyl halides is 1. The van der Waals surface area contributed by atoms with E-state index >= 15 is 0 Å². The number of piperidine rings is 1. The Balaban J connectivity index is 2.60. The normalized spacial score (nSPS) is 36.5. The van der Waals surface area contributed by atoms with Crippen LogP contribution in [0.15, 0.2) is 0 Å². The van der Waals surface area contributed by atoms with E-state index in [9.17, 15) is 4.79 Å². The zero-order valence-electron chi connectivity index (χ0n) is 6.30. The number of Topliss-reactive ketones (excluding diaryl/α,β-unsaturated/α-hetero) is 1. The SMILES string of the molecule is CC1C(=O)CCN(C)C1Cl. The van der Waals surface area contributed by atoms with E-state index in [0.29, 0.717) is 6.42 Å². The third-order valence-corrected chi connectivity index (χ3v) is 2.76. The molecule has 0 aliphatic carbocycles. The standard InChI is InChI=1S/C7H12ClNO/c1-5-6(10)3-4-9(2)7(5)8/h5,7H,3-4H2,1-2H3. The monoisotopic (exact) mass is 161 g/mol. The van der Waals surface area contributed by atoms with Crippen LogP contribution in [-0.2, 0) is 4.79 Å². The van der Waals surface area contributed by atoms with Crippen LogP contribution >= 0.6 is 11.6 Å². The summed E-state index contributed by atoms with van der Waals surface area (Å²) in [5.74, 6) is 0.290. The molecule has 1 fully saturated rings. The quantitative estimate of drug-likeness (QED) is 0.392. The minimum Gasteiger partial charge on any atom is -0.299 e. The van der Waals surface area contributed by atoms with Gasteiger partial charge in [-0.05, 0) is 7.05 Å². The topological polar surface area (TPSA) is 20.3 Å².